The monoisotopic (exact) mass is 308 g/mol. The fraction of sp³-hybridized carbons (Fsp3) is 0.263. The van der Waals surface area contributed by atoms with Gasteiger partial charge in [0.2, 0.25) is 5.91 Å². The SMILES string of the molecule is COc1cccc(C[C@H](C#N)C(=O)Nc2ccc(C)cc2C)c1. The molecule has 2 rings (SSSR count). The molecule has 0 heterocycles. The molecule has 0 unspecified atom stereocenters. The molecule has 0 aromatic heterocycles. The van der Waals surface area contributed by atoms with E-state index >= 15 is 0 Å². The molecule has 0 spiro atoms. The maximum atomic E-state index is 12.4. The summed E-state index contributed by atoms with van der Waals surface area (Å²) in [5, 5.41) is 12.2. The molecule has 1 N–H and O–H groups in total. The zero-order chi connectivity index (χ0) is 16.8. The van der Waals surface area contributed by atoms with Crippen LogP contribution < -0.4 is 10.1 Å². The number of hydrogen-bond acceptors (Lipinski definition) is 3. The van der Waals surface area contributed by atoms with E-state index in [1.54, 1.807) is 7.11 Å². The van der Waals surface area contributed by atoms with Crippen LogP contribution in [0.2, 0.25) is 0 Å². The molecule has 0 bridgehead atoms. The quantitative estimate of drug-likeness (QED) is 0.917. The van der Waals surface area contributed by atoms with E-state index in [1.165, 1.54) is 0 Å². The Labute approximate surface area is 136 Å². The fourth-order valence-electron chi connectivity index (χ4n) is 2.41. The van der Waals surface area contributed by atoms with Crippen molar-refractivity contribution in [1.82, 2.24) is 0 Å². The van der Waals surface area contributed by atoms with Crippen molar-refractivity contribution in [3.8, 4) is 11.8 Å². The van der Waals surface area contributed by atoms with Gasteiger partial charge in [0, 0.05) is 5.69 Å². The van der Waals surface area contributed by atoms with Crippen molar-refractivity contribution in [3.05, 3.63) is 59.2 Å². The lowest BCUT2D eigenvalue weighted by molar-refractivity contribution is -0.118. The van der Waals surface area contributed by atoms with Gasteiger partial charge in [-0.1, -0.05) is 29.8 Å². The minimum atomic E-state index is -0.747. The normalized spacial score (nSPS) is 11.4. The van der Waals surface area contributed by atoms with Crippen molar-refractivity contribution in [2.45, 2.75) is 20.3 Å². The molecule has 0 radical (unpaired) electrons. The predicted molar refractivity (Wildman–Crippen MR) is 90.3 cm³/mol. The maximum Gasteiger partial charge on any atom is 0.242 e. The van der Waals surface area contributed by atoms with Crippen LogP contribution in [0, 0.1) is 31.1 Å². The van der Waals surface area contributed by atoms with Gasteiger partial charge >= 0.3 is 0 Å². The average molecular weight is 308 g/mol. The Balaban J connectivity index is 2.10. The number of carbonyl (C=O) groups is 1. The van der Waals surface area contributed by atoms with Crippen LogP contribution in [-0.4, -0.2) is 13.0 Å². The molecule has 23 heavy (non-hydrogen) atoms. The van der Waals surface area contributed by atoms with Crippen LogP contribution in [0.3, 0.4) is 0 Å². The highest BCUT2D eigenvalue weighted by Gasteiger charge is 2.19. The number of methoxy groups -OCH3 is 1. The summed E-state index contributed by atoms with van der Waals surface area (Å²) in [5.74, 6) is -0.320. The number of nitriles is 1. The average Bonchev–Trinajstić information content (AvgIpc) is 2.55. The molecule has 0 saturated carbocycles. The van der Waals surface area contributed by atoms with Crippen molar-refractivity contribution in [2.24, 2.45) is 5.92 Å². The van der Waals surface area contributed by atoms with Gasteiger partial charge in [0.1, 0.15) is 11.7 Å². The lowest BCUT2D eigenvalue weighted by Gasteiger charge is -2.13. The summed E-state index contributed by atoms with van der Waals surface area (Å²) in [5.41, 5.74) is 3.75. The van der Waals surface area contributed by atoms with Gasteiger partial charge < -0.3 is 10.1 Å². The lowest BCUT2D eigenvalue weighted by atomic mass is 9.99. The summed E-state index contributed by atoms with van der Waals surface area (Å²) in [6, 6.07) is 15.3. The summed E-state index contributed by atoms with van der Waals surface area (Å²) in [7, 11) is 1.59. The van der Waals surface area contributed by atoms with E-state index in [2.05, 4.69) is 11.4 Å². The zero-order valence-corrected chi connectivity index (χ0v) is 13.6. The minimum Gasteiger partial charge on any atom is -0.497 e. The molecule has 0 fully saturated rings. The number of rotatable bonds is 5. The molecule has 0 aliphatic rings. The third kappa shape index (κ3) is 4.33. The summed E-state index contributed by atoms with van der Waals surface area (Å²) in [4.78, 5) is 12.4. The Bertz CT molecular complexity index is 747. The number of hydrogen-bond donors (Lipinski definition) is 1. The van der Waals surface area contributed by atoms with Gasteiger partial charge in [-0.15, -0.1) is 0 Å². The second-order valence-electron chi connectivity index (χ2n) is 5.54. The van der Waals surface area contributed by atoms with E-state index in [-0.39, 0.29) is 5.91 Å². The van der Waals surface area contributed by atoms with Gasteiger partial charge in [0.15, 0.2) is 0 Å². The van der Waals surface area contributed by atoms with Gasteiger partial charge in [-0.25, -0.2) is 0 Å². The molecule has 4 heteroatoms. The summed E-state index contributed by atoms with van der Waals surface area (Å²) < 4.78 is 5.17. The highest BCUT2D eigenvalue weighted by molar-refractivity contribution is 5.95. The number of nitrogens with zero attached hydrogens (tertiary/aromatic N) is 1. The van der Waals surface area contributed by atoms with Gasteiger partial charge in [-0.2, -0.15) is 5.26 Å². The Kier molecular flexibility index (Phi) is 5.37. The van der Waals surface area contributed by atoms with Gasteiger partial charge in [0.25, 0.3) is 0 Å². The van der Waals surface area contributed by atoms with Crippen LogP contribution in [0.1, 0.15) is 16.7 Å². The molecule has 118 valence electrons. The standard InChI is InChI=1S/C19H20N2O2/c1-13-7-8-18(14(2)9-13)21-19(22)16(12-20)10-15-5-4-6-17(11-15)23-3/h4-9,11,16H,10H2,1-3H3,(H,21,22)/t16-/m1/s1. The summed E-state index contributed by atoms with van der Waals surface area (Å²) in [6.45, 7) is 3.94. The van der Waals surface area contributed by atoms with E-state index in [0.717, 1.165) is 22.4 Å². The fourth-order valence-corrected chi connectivity index (χ4v) is 2.41. The minimum absolute atomic E-state index is 0.290. The lowest BCUT2D eigenvalue weighted by Crippen LogP contribution is -2.23. The molecule has 0 aliphatic carbocycles. The van der Waals surface area contributed by atoms with Crippen molar-refractivity contribution in [3.63, 3.8) is 0 Å². The Morgan fingerprint density at radius 1 is 1.26 bits per heavy atom. The third-order valence-corrected chi connectivity index (χ3v) is 3.69. The smallest absolute Gasteiger partial charge is 0.242 e. The topological polar surface area (TPSA) is 62.1 Å². The Morgan fingerprint density at radius 3 is 2.70 bits per heavy atom. The number of benzene rings is 2. The number of carbonyl (C=O) groups excluding carboxylic acids is 1. The molecule has 1 atom stereocenters. The second kappa shape index (κ2) is 7.46. The van der Waals surface area contributed by atoms with Gasteiger partial charge in [0.05, 0.1) is 13.2 Å². The van der Waals surface area contributed by atoms with Crippen molar-refractivity contribution < 1.29 is 9.53 Å². The van der Waals surface area contributed by atoms with Crippen LogP contribution in [0.15, 0.2) is 42.5 Å². The summed E-state index contributed by atoms with van der Waals surface area (Å²) in [6.07, 6.45) is 0.352. The van der Waals surface area contributed by atoms with Crippen molar-refractivity contribution >= 4 is 11.6 Å². The molecular formula is C19H20N2O2. The van der Waals surface area contributed by atoms with Crippen LogP contribution >= 0.6 is 0 Å². The first-order valence-corrected chi connectivity index (χ1v) is 7.44. The number of amides is 1. The van der Waals surface area contributed by atoms with Crippen LogP contribution in [0.4, 0.5) is 5.69 Å². The number of nitrogens with one attached hydrogen (secondary N) is 1. The second-order valence-corrected chi connectivity index (χ2v) is 5.54. The van der Waals surface area contributed by atoms with E-state index in [1.807, 2.05) is 56.3 Å². The van der Waals surface area contributed by atoms with Crippen LogP contribution in [0.5, 0.6) is 5.75 Å². The molecule has 0 aliphatic heterocycles. The maximum absolute atomic E-state index is 12.4. The predicted octanol–water partition coefficient (Wildman–Crippen LogP) is 3.63. The molecule has 0 saturated heterocycles. The van der Waals surface area contributed by atoms with Crippen molar-refractivity contribution in [2.75, 3.05) is 12.4 Å². The largest absolute Gasteiger partial charge is 0.497 e. The molecular weight excluding hydrogens is 288 g/mol. The Morgan fingerprint density at radius 2 is 2.04 bits per heavy atom. The summed E-state index contributed by atoms with van der Waals surface area (Å²) >= 11 is 0. The molecule has 1 amide bonds. The molecule has 2 aromatic rings. The highest BCUT2D eigenvalue weighted by atomic mass is 16.5. The Hall–Kier alpha value is -2.80. The van der Waals surface area contributed by atoms with Gasteiger partial charge in [-0.05, 0) is 49.6 Å². The number of aryl methyl sites for hydroxylation is 2. The first-order chi connectivity index (χ1) is 11.0. The van der Waals surface area contributed by atoms with Crippen LogP contribution in [0.25, 0.3) is 0 Å². The van der Waals surface area contributed by atoms with E-state index in [0.29, 0.717) is 12.2 Å². The first kappa shape index (κ1) is 16.6. The van der Waals surface area contributed by atoms with Crippen LogP contribution in [-0.2, 0) is 11.2 Å². The number of anilines is 1. The van der Waals surface area contributed by atoms with Crippen molar-refractivity contribution in [1.29, 1.82) is 5.26 Å². The van der Waals surface area contributed by atoms with Gasteiger partial charge in [-0.3, -0.25) is 4.79 Å². The zero-order valence-electron chi connectivity index (χ0n) is 13.6. The molecule has 4 nitrogen and oxygen atoms in total. The number of ether oxygens (including phenoxy) is 1. The third-order valence-electron chi connectivity index (χ3n) is 3.69. The van der Waals surface area contributed by atoms with E-state index in [4.69, 9.17) is 4.74 Å². The molecule has 2 aromatic carbocycles. The van der Waals surface area contributed by atoms with E-state index in [9.17, 15) is 10.1 Å². The van der Waals surface area contributed by atoms with E-state index < -0.39 is 5.92 Å². The first-order valence-electron chi connectivity index (χ1n) is 7.44. The highest BCUT2D eigenvalue weighted by Crippen LogP contribution is 2.19.